The van der Waals surface area contributed by atoms with Crippen LogP contribution in [0.25, 0.3) is 5.76 Å². The molecule has 1 N–H and O–H groups in total. The first-order valence-electron chi connectivity index (χ1n) is 13.2. The number of ether oxygens (including phenoxy) is 2. The summed E-state index contributed by atoms with van der Waals surface area (Å²) >= 11 is 0. The number of hydrogen-bond donors (Lipinski definition) is 1. The number of rotatable bonds is 11. The maximum absolute atomic E-state index is 13.3. The van der Waals surface area contributed by atoms with Gasteiger partial charge in [0.1, 0.15) is 23.9 Å². The van der Waals surface area contributed by atoms with Crippen LogP contribution in [0.1, 0.15) is 41.6 Å². The number of ketones is 1. The lowest BCUT2D eigenvalue weighted by atomic mass is 9.94. The number of aliphatic hydroxyl groups is 1. The Balaban J connectivity index is 1.67. The van der Waals surface area contributed by atoms with Crippen molar-refractivity contribution in [2.24, 2.45) is 0 Å². The number of aliphatic hydroxyl groups excluding tert-OH is 1. The second-order valence-electron chi connectivity index (χ2n) is 9.91. The van der Waals surface area contributed by atoms with Gasteiger partial charge in [0.2, 0.25) is 0 Å². The molecular weight excluding hydrogens is 492 g/mol. The minimum atomic E-state index is -0.697. The van der Waals surface area contributed by atoms with Gasteiger partial charge in [0.05, 0.1) is 18.2 Å². The average Bonchev–Trinajstić information content (AvgIpc) is 3.18. The standard InChI is InChI=1S/C32H36N2O5/c1-5-38-26-15-12-24(13-16-26)29-28(31(36)32(37)34(29)19-9-18-33(3)4)30(35)25-14-17-27(22(2)20-25)39-21-23-10-7-6-8-11-23/h6-8,10-17,20,29,35H,5,9,18-19,21H2,1-4H3. The third kappa shape index (κ3) is 6.49. The van der Waals surface area contributed by atoms with Crippen LogP contribution in [0, 0.1) is 6.92 Å². The zero-order valence-electron chi connectivity index (χ0n) is 23.0. The highest BCUT2D eigenvalue weighted by atomic mass is 16.5. The van der Waals surface area contributed by atoms with Crippen molar-refractivity contribution in [2.75, 3.05) is 33.8 Å². The molecular formula is C32H36N2O5. The Hall–Kier alpha value is -4.10. The summed E-state index contributed by atoms with van der Waals surface area (Å²) in [5, 5.41) is 11.4. The van der Waals surface area contributed by atoms with Crippen LogP contribution in [-0.2, 0) is 16.2 Å². The molecule has 1 saturated heterocycles. The Morgan fingerprint density at radius 1 is 0.974 bits per heavy atom. The van der Waals surface area contributed by atoms with Crippen LogP contribution in [0.4, 0.5) is 0 Å². The highest BCUT2D eigenvalue weighted by Crippen LogP contribution is 2.40. The average molecular weight is 529 g/mol. The number of nitrogens with zero attached hydrogens (tertiary/aromatic N) is 2. The minimum Gasteiger partial charge on any atom is -0.507 e. The van der Waals surface area contributed by atoms with Gasteiger partial charge in [-0.2, -0.15) is 0 Å². The molecule has 0 radical (unpaired) electrons. The molecule has 1 unspecified atom stereocenters. The lowest BCUT2D eigenvalue weighted by Gasteiger charge is -2.26. The van der Waals surface area contributed by atoms with E-state index in [0.717, 1.165) is 23.2 Å². The van der Waals surface area contributed by atoms with Gasteiger partial charge in [0, 0.05) is 12.1 Å². The molecule has 3 aromatic carbocycles. The molecule has 0 bridgehead atoms. The molecule has 0 spiro atoms. The number of benzene rings is 3. The Labute approximate surface area is 230 Å². The van der Waals surface area contributed by atoms with E-state index in [1.807, 2.05) is 87.4 Å². The summed E-state index contributed by atoms with van der Waals surface area (Å²) in [6.07, 6.45) is 0.695. The second-order valence-corrected chi connectivity index (χ2v) is 9.91. The van der Waals surface area contributed by atoms with Crippen LogP contribution in [0.15, 0.2) is 78.4 Å². The SMILES string of the molecule is CCOc1ccc(C2C(=C(O)c3ccc(OCc4ccccc4)c(C)c3)C(=O)C(=O)N2CCCN(C)C)cc1. The first kappa shape index (κ1) is 27.9. The van der Waals surface area contributed by atoms with Gasteiger partial charge in [0.25, 0.3) is 11.7 Å². The van der Waals surface area contributed by atoms with Gasteiger partial charge in [-0.25, -0.2) is 0 Å². The predicted molar refractivity (Wildman–Crippen MR) is 152 cm³/mol. The van der Waals surface area contributed by atoms with Gasteiger partial charge in [-0.1, -0.05) is 42.5 Å². The normalized spacial score (nSPS) is 16.6. The first-order valence-corrected chi connectivity index (χ1v) is 13.2. The summed E-state index contributed by atoms with van der Waals surface area (Å²) in [7, 11) is 3.93. The maximum Gasteiger partial charge on any atom is 0.295 e. The molecule has 1 aliphatic heterocycles. The summed E-state index contributed by atoms with van der Waals surface area (Å²) in [5.74, 6) is -0.0952. The number of likely N-dealkylation sites (tertiary alicyclic amines) is 1. The number of carbonyl (C=O) groups excluding carboxylic acids is 2. The molecule has 1 heterocycles. The lowest BCUT2D eigenvalue weighted by molar-refractivity contribution is -0.139. The van der Waals surface area contributed by atoms with Crippen LogP contribution in [0.2, 0.25) is 0 Å². The Kier molecular flexibility index (Phi) is 9.04. The third-order valence-electron chi connectivity index (χ3n) is 6.74. The van der Waals surface area contributed by atoms with Crippen molar-refractivity contribution in [2.45, 2.75) is 32.9 Å². The van der Waals surface area contributed by atoms with Crippen molar-refractivity contribution in [3.05, 3.63) is 101 Å². The Bertz CT molecular complexity index is 1330. The van der Waals surface area contributed by atoms with Crippen molar-refractivity contribution in [1.29, 1.82) is 0 Å². The van der Waals surface area contributed by atoms with E-state index in [4.69, 9.17) is 9.47 Å². The summed E-state index contributed by atoms with van der Waals surface area (Å²) in [5.41, 5.74) is 3.15. The van der Waals surface area contributed by atoms with E-state index in [1.165, 1.54) is 0 Å². The van der Waals surface area contributed by atoms with Crippen molar-refractivity contribution in [3.8, 4) is 11.5 Å². The number of carbonyl (C=O) groups is 2. The van der Waals surface area contributed by atoms with Gasteiger partial charge < -0.3 is 24.4 Å². The van der Waals surface area contributed by atoms with Crippen LogP contribution in [0.3, 0.4) is 0 Å². The molecule has 7 nitrogen and oxygen atoms in total. The van der Waals surface area contributed by atoms with Gasteiger partial charge in [0.15, 0.2) is 0 Å². The van der Waals surface area contributed by atoms with Crippen molar-refractivity contribution >= 4 is 17.4 Å². The molecule has 0 aliphatic carbocycles. The Morgan fingerprint density at radius 2 is 1.69 bits per heavy atom. The number of hydrogen-bond acceptors (Lipinski definition) is 6. The molecule has 1 amide bonds. The second kappa shape index (κ2) is 12.6. The summed E-state index contributed by atoms with van der Waals surface area (Å²) in [6, 6.07) is 21.8. The first-order chi connectivity index (χ1) is 18.8. The largest absolute Gasteiger partial charge is 0.507 e. The maximum atomic E-state index is 13.3. The number of aryl methyl sites for hydroxylation is 1. The van der Waals surface area contributed by atoms with Gasteiger partial charge in [-0.15, -0.1) is 0 Å². The van der Waals surface area contributed by atoms with Crippen LogP contribution < -0.4 is 9.47 Å². The van der Waals surface area contributed by atoms with Gasteiger partial charge >= 0.3 is 0 Å². The molecule has 204 valence electrons. The zero-order chi connectivity index (χ0) is 27.9. The summed E-state index contributed by atoms with van der Waals surface area (Å²) < 4.78 is 11.6. The number of Topliss-reactive ketones (excluding diaryl/α,β-unsaturated/α-hetero) is 1. The van der Waals surface area contributed by atoms with Gasteiger partial charge in [-0.05, 0) is 87.9 Å². The van der Waals surface area contributed by atoms with Crippen LogP contribution in [-0.4, -0.2) is 60.4 Å². The summed E-state index contributed by atoms with van der Waals surface area (Å²) in [6.45, 7) is 5.91. The quantitative estimate of drug-likeness (QED) is 0.205. The van der Waals surface area contributed by atoms with E-state index in [9.17, 15) is 14.7 Å². The van der Waals surface area contributed by atoms with Crippen LogP contribution in [0.5, 0.6) is 11.5 Å². The van der Waals surface area contributed by atoms with Crippen molar-refractivity contribution in [3.63, 3.8) is 0 Å². The molecule has 1 fully saturated rings. The van der Waals surface area contributed by atoms with E-state index >= 15 is 0 Å². The van der Waals surface area contributed by atoms with E-state index in [-0.39, 0.29) is 11.3 Å². The highest BCUT2D eigenvalue weighted by molar-refractivity contribution is 6.46. The Morgan fingerprint density at radius 3 is 2.33 bits per heavy atom. The monoisotopic (exact) mass is 528 g/mol. The highest BCUT2D eigenvalue weighted by Gasteiger charge is 2.45. The minimum absolute atomic E-state index is 0.0892. The van der Waals surface area contributed by atoms with E-state index < -0.39 is 17.7 Å². The fraction of sp³-hybridized carbons (Fsp3) is 0.312. The molecule has 4 rings (SSSR count). The zero-order valence-corrected chi connectivity index (χ0v) is 23.0. The topological polar surface area (TPSA) is 79.3 Å². The predicted octanol–water partition coefficient (Wildman–Crippen LogP) is 5.35. The van der Waals surface area contributed by atoms with E-state index in [1.54, 1.807) is 23.1 Å². The van der Waals surface area contributed by atoms with E-state index in [2.05, 4.69) is 0 Å². The fourth-order valence-corrected chi connectivity index (χ4v) is 4.78. The van der Waals surface area contributed by atoms with Crippen LogP contribution >= 0.6 is 0 Å². The molecule has 39 heavy (non-hydrogen) atoms. The third-order valence-corrected chi connectivity index (χ3v) is 6.74. The number of amides is 1. The van der Waals surface area contributed by atoms with Crippen molar-refractivity contribution < 1.29 is 24.2 Å². The smallest absolute Gasteiger partial charge is 0.295 e. The van der Waals surface area contributed by atoms with Gasteiger partial charge in [-0.3, -0.25) is 9.59 Å². The lowest BCUT2D eigenvalue weighted by Crippen LogP contribution is -2.32. The fourth-order valence-electron chi connectivity index (χ4n) is 4.78. The molecule has 7 heteroatoms. The van der Waals surface area contributed by atoms with E-state index in [0.29, 0.717) is 43.2 Å². The molecule has 1 aliphatic rings. The summed E-state index contributed by atoms with van der Waals surface area (Å²) in [4.78, 5) is 30.1. The molecule has 3 aromatic rings. The molecule has 1 atom stereocenters. The molecule has 0 saturated carbocycles. The molecule has 0 aromatic heterocycles. The van der Waals surface area contributed by atoms with Crippen molar-refractivity contribution in [1.82, 2.24) is 9.80 Å².